The van der Waals surface area contributed by atoms with Crippen LogP contribution in [0.3, 0.4) is 0 Å². The molecule has 0 aliphatic heterocycles. The second-order valence-corrected chi connectivity index (χ2v) is 4.55. The summed E-state index contributed by atoms with van der Waals surface area (Å²) in [5.41, 5.74) is 1.81. The second-order valence-electron chi connectivity index (χ2n) is 4.55. The fourth-order valence-corrected chi connectivity index (χ4v) is 1.65. The van der Waals surface area contributed by atoms with E-state index >= 15 is 0 Å². The van der Waals surface area contributed by atoms with Gasteiger partial charge >= 0.3 is 0 Å². The maximum absolute atomic E-state index is 8.39. The Bertz CT molecular complexity index is 230. The summed E-state index contributed by atoms with van der Waals surface area (Å²) >= 11 is 0. The van der Waals surface area contributed by atoms with E-state index in [0.717, 1.165) is 12.3 Å². The Hall–Kier alpha value is -0.770. The second kappa shape index (κ2) is 3.31. The van der Waals surface area contributed by atoms with Gasteiger partial charge in [0.2, 0.25) is 0 Å². The van der Waals surface area contributed by atoms with Crippen LogP contribution < -0.4 is 0 Å². The van der Waals surface area contributed by atoms with Crippen molar-refractivity contribution in [2.45, 2.75) is 40.0 Å². The summed E-state index contributed by atoms with van der Waals surface area (Å²) in [6.45, 7) is 6.68. The third-order valence-electron chi connectivity index (χ3n) is 2.92. The third kappa shape index (κ3) is 2.37. The van der Waals surface area contributed by atoms with Crippen molar-refractivity contribution in [1.82, 2.24) is 0 Å². The Morgan fingerprint density at radius 3 is 2.67 bits per heavy atom. The van der Waals surface area contributed by atoms with E-state index in [2.05, 4.69) is 19.9 Å². The van der Waals surface area contributed by atoms with Gasteiger partial charge in [0.1, 0.15) is 0 Å². The molecule has 0 aromatic carbocycles. The molecule has 0 spiro atoms. The van der Waals surface area contributed by atoms with Crippen LogP contribution in [-0.4, -0.2) is 0 Å². The average molecular weight is 163 g/mol. The summed E-state index contributed by atoms with van der Waals surface area (Å²) in [4.78, 5) is 0. The molecular weight excluding hydrogens is 146 g/mol. The molecule has 0 radical (unpaired) electrons. The summed E-state index contributed by atoms with van der Waals surface area (Å²) in [5, 5.41) is 8.39. The minimum atomic E-state index is 0.590. The first-order valence-corrected chi connectivity index (χ1v) is 4.61. The normalized spacial score (nSPS) is 26.5. The first-order chi connectivity index (χ1) is 5.56. The van der Waals surface area contributed by atoms with Crippen molar-refractivity contribution in [3.05, 3.63) is 11.6 Å². The highest BCUT2D eigenvalue weighted by Gasteiger charge is 2.44. The van der Waals surface area contributed by atoms with E-state index in [0.29, 0.717) is 5.41 Å². The van der Waals surface area contributed by atoms with Crippen LogP contribution in [0.4, 0.5) is 0 Å². The molecule has 0 heterocycles. The molecule has 0 aromatic heterocycles. The topological polar surface area (TPSA) is 23.8 Å². The monoisotopic (exact) mass is 163 g/mol. The van der Waals surface area contributed by atoms with Crippen LogP contribution in [0.25, 0.3) is 0 Å². The SMILES string of the molecule is C/C(=C\C#N)CCC1CC1(C)C. The molecule has 1 unspecified atom stereocenters. The van der Waals surface area contributed by atoms with E-state index in [1.807, 2.05) is 6.92 Å². The largest absolute Gasteiger partial charge is 0.193 e. The van der Waals surface area contributed by atoms with E-state index in [1.54, 1.807) is 6.08 Å². The minimum Gasteiger partial charge on any atom is -0.193 e. The molecular formula is C11H17N. The summed E-state index contributed by atoms with van der Waals surface area (Å²) in [6, 6.07) is 2.07. The van der Waals surface area contributed by atoms with Crippen LogP contribution in [0.2, 0.25) is 0 Å². The van der Waals surface area contributed by atoms with E-state index in [-0.39, 0.29) is 0 Å². The molecule has 0 amide bonds. The summed E-state index contributed by atoms with van der Waals surface area (Å²) in [6.07, 6.45) is 5.39. The lowest BCUT2D eigenvalue weighted by molar-refractivity contribution is 0.532. The number of rotatable bonds is 3. The zero-order valence-electron chi connectivity index (χ0n) is 8.22. The van der Waals surface area contributed by atoms with Crippen LogP contribution in [-0.2, 0) is 0 Å². The van der Waals surface area contributed by atoms with Crippen LogP contribution in [0.1, 0.15) is 40.0 Å². The Labute approximate surface area is 75.1 Å². The predicted octanol–water partition coefficient (Wildman–Crippen LogP) is 3.28. The average Bonchev–Trinajstić information content (AvgIpc) is 2.56. The highest BCUT2D eigenvalue weighted by atomic mass is 14.5. The molecule has 12 heavy (non-hydrogen) atoms. The predicted molar refractivity (Wildman–Crippen MR) is 50.5 cm³/mol. The molecule has 1 fully saturated rings. The van der Waals surface area contributed by atoms with Crippen LogP contribution in [0.5, 0.6) is 0 Å². The maximum Gasteiger partial charge on any atom is 0.0911 e. The van der Waals surface area contributed by atoms with Gasteiger partial charge in [0.25, 0.3) is 0 Å². The molecule has 1 heteroatoms. The molecule has 66 valence electrons. The molecule has 0 aromatic rings. The van der Waals surface area contributed by atoms with E-state index in [9.17, 15) is 0 Å². The molecule has 0 saturated heterocycles. The fourth-order valence-electron chi connectivity index (χ4n) is 1.65. The van der Waals surface area contributed by atoms with Gasteiger partial charge in [0.05, 0.1) is 6.07 Å². The lowest BCUT2D eigenvalue weighted by atomic mass is 10.0. The molecule has 1 saturated carbocycles. The number of hydrogen-bond donors (Lipinski definition) is 0. The van der Waals surface area contributed by atoms with Gasteiger partial charge in [-0.15, -0.1) is 0 Å². The minimum absolute atomic E-state index is 0.590. The van der Waals surface area contributed by atoms with Gasteiger partial charge in [-0.25, -0.2) is 0 Å². The van der Waals surface area contributed by atoms with Crippen molar-refractivity contribution in [2.24, 2.45) is 11.3 Å². The van der Waals surface area contributed by atoms with Crippen molar-refractivity contribution in [3.8, 4) is 6.07 Å². The zero-order valence-corrected chi connectivity index (χ0v) is 8.22. The molecule has 1 rings (SSSR count). The first kappa shape index (κ1) is 9.32. The Morgan fingerprint density at radius 2 is 2.25 bits per heavy atom. The van der Waals surface area contributed by atoms with Crippen molar-refractivity contribution in [1.29, 1.82) is 5.26 Å². The highest BCUT2D eigenvalue weighted by Crippen LogP contribution is 2.54. The molecule has 0 N–H and O–H groups in total. The lowest BCUT2D eigenvalue weighted by Crippen LogP contribution is -1.90. The third-order valence-corrected chi connectivity index (χ3v) is 2.92. The van der Waals surface area contributed by atoms with Gasteiger partial charge in [-0.05, 0) is 37.5 Å². The smallest absolute Gasteiger partial charge is 0.0911 e. The van der Waals surface area contributed by atoms with Gasteiger partial charge in [-0.2, -0.15) is 5.26 Å². The highest BCUT2D eigenvalue weighted by molar-refractivity contribution is 5.11. The van der Waals surface area contributed by atoms with E-state index in [1.165, 1.54) is 18.4 Å². The molecule has 0 bridgehead atoms. The van der Waals surface area contributed by atoms with E-state index < -0.39 is 0 Å². The van der Waals surface area contributed by atoms with Gasteiger partial charge in [0.15, 0.2) is 0 Å². The van der Waals surface area contributed by atoms with Gasteiger partial charge < -0.3 is 0 Å². The fraction of sp³-hybridized carbons (Fsp3) is 0.727. The summed E-state index contributed by atoms with van der Waals surface area (Å²) in [5.74, 6) is 0.902. The van der Waals surface area contributed by atoms with E-state index in [4.69, 9.17) is 5.26 Å². The molecule has 1 atom stereocenters. The van der Waals surface area contributed by atoms with Gasteiger partial charge in [0, 0.05) is 6.08 Å². The van der Waals surface area contributed by atoms with Gasteiger partial charge in [-0.3, -0.25) is 0 Å². The Kier molecular flexibility index (Phi) is 2.57. The van der Waals surface area contributed by atoms with Crippen LogP contribution in [0.15, 0.2) is 11.6 Å². The Morgan fingerprint density at radius 1 is 1.67 bits per heavy atom. The number of hydrogen-bond acceptors (Lipinski definition) is 1. The van der Waals surface area contributed by atoms with Crippen molar-refractivity contribution in [3.63, 3.8) is 0 Å². The van der Waals surface area contributed by atoms with Crippen molar-refractivity contribution < 1.29 is 0 Å². The zero-order chi connectivity index (χ0) is 9.19. The molecule has 1 aliphatic carbocycles. The number of nitriles is 1. The standard InChI is InChI=1S/C11H17N/c1-9(6-7-12)4-5-10-8-11(10,2)3/h6,10H,4-5,8H2,1-3H3/b9-6+. The molecule has 1 nitrogen and oxygen atoms in total. The summed E-state index contributed by atoms with van der Waals surface area (Å²) in [7, 11) is 0. The maximum atomic E-state index is 8.39. The van der Waals surface area contributed by atoms with Gasteiger partial charge in [-0.1, -0.05) is 19.4 Å². The first-order valence-electron chi connectivity index (χ1n) is 4.61. The summed E-state index contributed by atoms with van der Waals surface area (Å²) < 4.78 is 0. The van der Waals surface area contributed by atoms with Crippen molar-refractivity contribution >= 4 is 0 Å². The van der Waals surface area contributed by atoms with Crippen LogP contribution in [0, 0.1) is 22.7 Å². The number of nitrogens with zero attached hydrogens (tertiary/aromatic N) is 1. The number of allylic oxidation sites excluding steroid dienone is 2. The lowest BCUT2D eigenvalue weighted by Gasteiger charge is -2.02. The Balaban J connectivity index is 2.21. The van der Waals surface area contributed by atoms with Crippen LogP contribution >= 0.6 is 0 Å². The molecule has 1 aliphatic rings. The quantitative estimate of drug-likeness (QED) is 0.586. The van der Waals surface area contributed by atoms with Crippen molar-refractivity contribution in [2.75, 3.05) is 0 Å².